The van der Waals surface area contributed by atoms with E-state index in [1.807, 2.05) is 18.2 Å². The van der Waals surface area contributed by atoms with Crippen molar-refractivity contribution >= 4 is 22.9 Å². The SMILES string of the molecule is COCC(=O)Nc1nc(-c2ccc3c(c2)[nH]c(=O)n3CC(C)C)c(-c2ccc(F)cc2)[nH]1. The average Bonchev–Trinajstić information content (AvgIpc) is 3.29. The maximum Gasteiger partial charge on any atom is 0.326 e. The van der Waals surface area contributed by atoms with Crippen molar-refractivity contribution in [1.82, 2.24) is 19.5 Å². The van der Waals surface area contributed by atoms with Gasteiger partial charge >= 0.3 is 5.69 Å². The lowest BCUT2D eigenvalue weighted by Gasteiger charge is -2.07. The number of rotatable bonds is 7. The standard InChI is InChI=1S/C23H24FN5O3/c1-13(2)11-29-18-9-6-15(10-17(18)25-23(29)31)21-20(14-4-7-16(24)8-5-14)27-22(28-21)26-19(30)12-32-3/h4-10,13H,11-12H2,1-3H3,(H,25,31)(H2,26,27,28,30). The van der Waals surface area contributed by atoms with Crippen LogP contribution in [0, 0.1) is 11.7 Å². The molecule has 0 fully saturated rings. The second-order valence-corrected chi connectivity index (χ2v) is 7.96. The van der Waals surface area contributed by atoms with Crippen molar-refractivity contribution in [2.24, 2.45) is 5.92 Å². The van der Waals surface area contributed by atoms with Crippen molar-refractivity contribution in [2.45, 2.75) is 20.4 Å². The molecule has 4 aromatic rings. The molecule has 0 aliphatic carbocycles. The predicted octanol–water partition coefficient (Wildman–Crippen LogP) is 3.77. The lowest BCUT2D eigenvalue weighted by molar-refractivity contribution is -0.119. The minimum absolute atomic E-state index is 0.113. The second kappa shape index (κ2) is 8.80. The van der Waals surface area contributed by atoms with Crippen molar-refractivity contribution in [3.63, 3.8) is 0 Å². The summed E-state index contributed by atoms with van der Waals surface area (Å²) >= 11 is 0. The molecule has 0 aliphatic rings. The number of amides is 1. The predicted molar refractivity (Wildman–Crippen MR) is 121 cm³/mol. The van der Waals surface area contributed by atoms with Gasteiger partial charge in [0.25, 0.3) is 5.91 Å². The molecule has 0 saturated carbocycles. The fourth-order valence-electron chi connectivity index (χ4n) is 3.62. The molecule has 8 nitrogen and oxygen atoms in total. The van der Waals surface area contributed by atoms with Gasteiger partial charge < -0.3 is 14.7 Å². The zero-order valence-corrected chi connectivity index (χ0v) is 18.0. The molecule has 32 heavy (non-hydrogen) atoms. The summed E-state index contributed by atoms with van der Waals surface area (Å²) in [5.41, 5.74) is 3.93. The molecule has 2 aromatic heterocycles. The molecule has 0 aliphatic heterocycles. The number of ether oxygens (including phenoxy) is 1. The van der Waals surface area contributed by atoms with Crippen LogP contribution in [0.25, 0.3) is 33.5 Å². The van der Waals surface area contributed by atoms with E-state index >= 15 is 0 Å². The number of anilines is 1. The Morgan fingerprint density at radius 2 is 1.88 bits per heavy atom. The van der Waals surface area contributed by atoms with Gasteiger partial charge in [-0.15, -0.1) is 0 Å². The van der Waals surface area contributed by atoms with Gasteiger partial charge in [-0.05, 0) is 42.3 Å². The fraction of sp³-hybridized carbons (Fsp3) is 0.261. The van der Waals surface area contributed by atoms with E-state index in [4.69, 9.17) is 4.74 Å². The topological polar surface area (TPSA) is 105 Å². The van der Waals surface area contributed by atoms with Crippen LogP contribution in [0.2, 0.25) is 0 Å². The number of hydrogen-bond donors (Lipinski definition) is 3. The van der Waals surface area contributed by atoms with Crippen LogP contribution in [0.1, 0.15) is 13.8 Å². The van der Waals surface area contributed by atoms with Crippen LogP contribution in [-0.4, -0.2) is 39.1 Å². The summed E-state index contributed by atoms with van der Waals surface area (Å²) in [7, 11) is 1.43. The van der Waals surface area contributed by atoms with Crippen molar-refractivity contribution in [3.8, 4) is 22.5 Å². The molecule has 0 bridgehead atoms. The first-order valence-electron chi connectivity index (χ1n) is 10.2. The summed E-state index contributed by atoms with van der Waals surface area (Å²) in [5.74, 6) is -0.147. The van der Waals surface area contributed by atoms with E-state index in [0.29, 0.717) is 34.9 Å². The Labute approximate surface area is 183 Å². The van der Waals surface area contributed by atoms with Gasteiger partial charge in [0.2, 0.25) is 5.95 Å². The quantitative estimate of drug-likeness (QED) is 0.409. The van der Waals surface area contributed by atoms with E-state index in [2.05, 4.69) is 34.1 Å². The number of fused-ring (bicyclic) bond motifs is 1. The number of halogens is 1. The summed E-state index contributed by atoms with van der Waals surface area (Å²) in [6.45, 7) is 4.60. The molecular weight excluding hydrogens is 413 g/mol. The lowest BCUT2D eigenvalue weighted by Crippen LogP contribution is -2.19. The highest BCUT2D eigenvalue weighted by Crippen LogP contribution is 2.33. The van der Waals surface area contributed by atoms with Crippen LogP contribution < -0.4 is 11.0 Å². The van der Waals surface area contributed by atoms with Crippen LogP contribution in [0.3, 0.4) is 0 Å². The number of aromatic nitrogens is 4. The molecule has 2 heterocycles. The van der Waals surface area contributed by atoms with Gasteiger partial charge in [0.1, 0.15) is 12.4 Å². The Morgan fingerprint density at radius 3 is 2.56 bits per heavy atom. The molecule has 3 N–H and O–H groups in total. The lowest BCUT2D eigenvalue weighted by atomic mass is 10.0. The normalized spacial score (nSPS) is 11.4. The van der Waals surface area contributed by atoms with Gasteiger partial charge in [-0.2, -0.15) is 0 Å². The largest absolute Gasteiger partial charge is 0.375 e. The van der Waals surface area contributed by atoms with Crippen molar-refractivity contribution in [1.29, 1.82) is 0 Å². The van der Waals surface area contributed by atoms with Crippen LogP contribution in [-0.2, 0) is 16.1 Å². The van der Waals surface area contributed by atoms with Gasteiger partial charge in [0, 0.05) is 24.8 Å². The molecule has 166 valence electrons. The third kappa shape index (κ3) is 4.33. The average molecular weight is 437 g/mol. The molecule has 0 unspecified atom stereocenters. The van der Waals surface area contributed by atoms with Gasteiger partial charge in [0.15, 0.2) is 0 Å². The number of carbonyl (C=O) groups excluding carboxylic acids is 1. The Bertz CT molecular complexity index is 1320. The molecule has 4 rings (SSSR count). The molecular formula is C23H24FN5O3. The number of aromatic amines is 2. The highest BCUT2D eigenvalue weighted by atomic mass is 19.1. The Morgan fingerprint density at radius 1 is 1.16 bits per heavy atom. The van der Waals surface area contributed by atoms with Gasteiger partial charge in [-0.25, -0.2) is 14.2 Å². The molecule has 2 aromatic carbocycles. The summed E-state index contributed by atoms with van der Waals surface area (Å²) in [4.78, 5) is 34.9. The maximum absolute atomic E-state index is 13.5. The van der Waals surface area contributed by atoms with Crippen LogP contribution in [0.4, 0.5) is 10.3 Å². The highest BCUT2D eigenvalue weighted by molar-refractivity contribution is 5.92. The van der Waals surface area contributed by atoms with Crippen molar-refractivity contribution < 1.29 is 13.9 Å². The Kier molecular flexibility index (Phi) is 5.91. The summed E-state index contributed by atoms with van der Waals surface area (Å²) in [6, 6.07) is 11.6. The molecule has 9 heteroatoms. The van der Waals surface area contributed by atoms with E-state index in [-0.39, 0.29) is 30.0 Å². The maximum atomic E-state index is 13.5. The fourth-order valence-corrected chi connectivity index (χ4v) is 3.62. The molecule has 0 atom stereocenters. The van der Waals surface area contributed by atoms with Gasteiger partial charge in [-0.3, -0.25) is 14.7 Å². The third-order valence-electron chi connectivity index (χ3n) is 4.97. The highest BCUT2D eigenvalue weighted by Gasteiger charge is 2.17. The van der Waals surface area contributed by atoms with E-state index in [0.717, 1.165) is 11.1 Å². The Balaban J connectivity index is 1.81. The second-order valence-electron chi connectivity index (χ2n) is 7.96. The van der Waals surface area contributed by atoms with Crippen molar-refractivity contribution in [2.75, 3.05) is 19.0 Å². The minimum atomic E-state index is -0.357. The van der Waals surface area contributed by atoms with Crippen LogP contribution >= 0.6 is 0 Å². The molecule has 1 amide bonds. The van der Waals surface area contributed by atoms with Crippen molar-refractivity contribution in [3.05, 3.63) is 58.8 Å². The van der Waals surface area contributed by atoms with E-state index < -0.39 is 0 Å². The zero-order valence-electron chi connectivity index (χ0n) is 18.0. The summed E-state index contributed by atoms with van der Waals surface area (Å²) in [5, 5.41) is 2.66. The molecule has 0 saturated heterocycles. The van der Waals surface area contributed by atoms with E-state index in [9.17, 15) is 14.0 Å². The minimum Gasteiger partial charge on any atom is -0.375 e. The third-order valence-corrected chi connectivity index (χ3v) is 4.97. The smallest absolute Gasteiger partial charge is 0.326 e. The number of methoxy groups -OCH3 is 1. The summed E-state index contributed by atoms with van der Waals surface area (Å²) in [6.07, 6.45) is 0. The number of carbonyl (C=O) groups is 1. The number of H-pyrrole nitrogens is 2. The monoisotopic (exact) mass is 437 g/mol. The van der Waals surface area contributed by atoms with Crippen LogP contribution in [0.5, 0.6) is 0 Å². The zero-order chi connectivity index (χ0) is 22.8. The number of nitrogens with zero attached hydrogens (tertiary/aromatic N) is 2. The first kappa shape index (κ1) is 21.5. The number of imidazole rings is 2. The number of nitrogens with one attached hydrogen (secondary N) is 3. The first-order valence-corrected chi connectivity index (χ1v) is 10.2. The number of hydrogen-bond acceptors (Lipinski definition) is 4. The summed E-state index contributed by atoms with van der Waals surface area (Å²) < 4.78 is 20.0. The number of benzene rings is 2. The van der Waals surface area contributed by atoms with Gasteiger partial charge in [0.05, 0.1) is 22.4 Å². The first-order chi connectivity index (χ1) is 15.4. The van der Waals surface area contributed by atoms with E-state index in [1.165, 1.54) is 19.2 Å². The van der Waals surface area contributed by atoms with Crippen LogP contribution in [0.15, 0.2) is 47.3 Å². The Hall–Kier alpha value is -3.72. The molecule has 0 radical (unpaired) electrons. The van der Waals surface area contributed by atoms with E-state index in [1.54, 1.807) is 16.7 Å². The molecule has 0 spiro atoms. The van der Waals surface area contributed by atoms with Gasteiger partial charge in [-0.1, -0.05) is 19.9 Å².